The van der Waals surface area contributed by atoms with Crippen molar-refractivity contribution in [3.05, 3.63) is 29.8 Å². The molecule has 1 aliphatic rings. The zero-order chi connectivity index (χ0) is 17.0. The summed E-state index contributed by atoms with van der Waals surface area (Å²) < 4.78 is 5.66. The van der Waals surface area contributed by atoms with Crippen LogP contribution >= 0.6 is 0 Å². The van der Waals surface area contributed by atoms with Gasteiger partial charge in [-0.2, -0.15) is 0 Å². The van der Waals surface area contributed by atoms with Crippen LogP contribution in [0.5, 0.6) is 5.75 Å². The third-order valence-electron chi connectivity index (χ3n) is 3.93. The van der Waals surface area contributed by atoms with Crippen LogP contribution in [0.1, 0.15) is 32.4 Å². The van der Waals surface area contributed by atoms with Gasteiger partial charge in [0, 0.05) is 26.6 Å². The van der Waals surface area contributed by atoms with E-state index in [1.165, 1.54) is 0 Å². The Hall–Kier alpha value is -2.08. The van der Waals surface area contributed by atoms with Crippen molar-refractivity contribution in [2.24, 2.45) is 5.73 Å². The second-order valence-electron chi connectivity index (χ2n) is 6.15. The predicted molar refractivity (Wildman–Crippen MR) is 88.0 cm³/mol. The smallest absolute Gasteiger partial charge is 0.231 e. The van der Waals surface area contributed by atoms with Gasteiger partial charge in [0.1, 0.15) is 5.75 Å². The third-order valence-corrected chi connectivity index (χ3v) is 3.93. The maximum Gasteiger partial charge on any atom is 0.231 e. The van der Waals surface area contributed by atoms with Crippen LogP contribution in [0, 0.1) is 0 Å². The minimum Gasteiger partial charge on any atom is -0.491 e. The van der Waals surface area contributed by atoms with Crippen LogP contribution in [0.4, 0.5) is 0 Å². The lowest BCUT2D eigenvalue weighted by Gasteiger charge is -2.40. The second kappa shape index (κ2) is 7.46. The number of hydrogen-bond donors (Lipinski definition) is 1. The number of rotatable bonds is 5. The van der Waals surface area contributed by atoms with Crippen molar-refractivity contribution in [3.8, 4) is 5.75 Å². The molecule has 0 bridgehead atoms. The normalized spacial score (nSPS) is 19.0. The lowest BCUT2D eigenvalue weighted by Crippen LogP contribution is -2.51. The molecule has 1 heterocycles. The van der Waals surface area contributed by atoms with Crippen molar-refractivity contribution < 1.29 is 14.3 Å². The van der Waals surface area contributed by atoms with E-state index >= 15 is 0 Å². The van der Waals surface area contributed by atoms with Crippen LogP contribution in [-0.4, -0.2) is 53.9 Å². The summed E-state index contributed by atoms with van der Waals surface area (Å²) >= 11 is 0. The molecular weight excluding hydrogens is 294 g/mol. The fourth-order valence-corrected chi connectivity index (χ4v) is 2.85. The Morgan fingerprint density at radius 1 is 1.26 bits per heavy atom. The molecule has 1 aromatic carbocycles. The fourth-order valence-electron chi connectivity index (χ4n) is 2.85. The number of piperazine rings is 1. The van der Waals surface area contributed by atoms with Gasteiger partial charge in [0.2, 0.25) is 11.8 Å². The number of nitrogens with zero attached hydrogens (tertiary/aromatic N) is 2. The van der Waals surface area contributed by atoms with Crippen LogP contribution in [0.25, 0.3) is 0 Å². The molecule has 6 heteroatoms. The molecule has 1 unspecified atom stereocenters. The van der Waals surface area contributed by atoms with E-state index in [1.807, 2.05) is 43.0 Å². The lowest BCUT2D eigenvalue weighted by atomic mass is 10.0. The van der Waals surface area contributed by atoms with Gasteiger partial charge in [0.25, 0.3) is 0 Å². The molecule has 2 amide bonds. The summed E-state index contributed by atoms with van der Waals surface area (Å²) in [4.78, 5) is 26.8. The van der Waals surface area contributed by atoms with Gasteiger partial charge in [-0.3, -0.25) is 14.5 Å². The Labute approximate surface area is 137 Å². The third kappa shape index (κ3) is 4.69. The van der Waals surface area contributed by atoms with E-state index < -0.39 is 0 Å². The summed E-state index contributed by atoms with van der Waals surface area (Å²) in [6.45, 7) is 7.54. The Kier molecular flexibility index (Phi) is 5.60. The SMILES string of the molecule is CC(=O)N1CCN(CC(N)=O)C(c2ccc(OC(C)C)cc2)C1. The molecule has 1 aromatic rings. The fraction of sp³-hybridized carbons (Fsp3) is 0.529. The Balaban J connectivity index is 2.18. The highest BCUT2D eigenvalue weighted by Crippen LogP contribution is 2.27. The number of benzene rings is 1. The average molecular weight is 319 g/mol. The summed E-state index contributed by atoms with van der Waals surface area (Å²) in [6, 6.07) is 7.78. The number of amides is 2. The predicted octanol–water partition coefficient (Wildman–Crippen LogP) is 1.16. The van der Waals surface area contributed by atoms with Crippen LogP contribution in [0.15, 0.2) is 24.3 Å². The number of hydrogen-bond acceptors (Lipinski definition) is 4. The highest BCUT2D eigenvalue weighted by atomic mass is 16.5. The quantitative estimate of drug-likeness (QED) is 0.884. The van der Waals surface area contributed by atoms with Crippen molar-refractivity contribution in [1.29, 1.82) is 0 Å². The standard InChI is InChI=1S/C17H25N3O3/c1-12(2)23-15-6-4-14(5-7-15)16-10-19(13(3)21)8-9-20(16)11-17(18)22/h4-7,12,16H,8-11H2,1-3H3,(H2,18,22). The minimum atomic E-state index is -0.356. The first-order valence-corrected chi connectivity index (χ1v) is 7.91. The Bertz CT molecular complexity index is 557. The van der Waals surface area contributed by atoms with Gasteiger partial charge in [-0.1, -0.05) is 12.1 Å². The largest absolute Gasteiger partial charge is 0.491 e. The van der Waals surface area contributed by atoms with E-state index in [9.17, 15) is 9.59 Å². The highest BCUT2D eigenvalue weighted by molar-refractivity contribution is 5.76. The first-order chi connectivity index (χ1) is 10.9. The zero-order valence-electron chi connectivity index (χ0n) is 14.0. The molecular formula is C17H25N3O3. The van der Waals surface area contributed by atoms with Crippen LogP contribution < -0.4 is 10.5 Å². The molecule has 6 nitrogen and oxygen atoms in total. The van der Waals surface area contributed by atoms with Gasteiger partial charge in [0.05, 0.1) is 18.7 Å². The van der Waals surface area contributed by atoms with E-state index in [1.54, 1.807) is 11.8 Å². The van der Waals surface area contributed by atoms with E-state index in [4.69, 9.17) is 10.5 Å². The Morgan fingerprint density at radius 3 is 2.43 bits per heavy atom. The summed E-state index contributed by atoms with van der Waals surface area (Å²) in [6.07, 6.45) is 0.120. The first kappa shape index (κ1) is 17.3. The molecule has 1 fully saturated rings. The summed E-state index contributed by atoms with van der Waals surface area (Å²) in [5, 5.41) is 0. The molecule has 1 saturated heterocycles. The summed E-state index contributed by atoms with van der Waals surface area (Å²) in [5.74, 6) is 0.504. The average Bonchev–Trinajstić information content (AvgIpc) is 2.47. The molecule has 0 aliphatic carbocycles. The molecule has 1 atom stereocenters. The van der Waals surface area contributed by atoms with E-state index in [0.29, 0.717) is 19.6 Å². The van der Waals surface area contributed by atoms with E-state index in [2.05, 4.69) is 0 Å². The van der Waals surface area contributed by atoms with Crippen molar-refractivity contribution in [1.82, 2.24) is 9.80 Å². The summed E-state index contributed by atoms with van der Waals surface area (Å²) in [7, 11) is 0. The van der Waals surface area contributed by atoms with E-state index in [-0.39, 0.29) is 30.5 Å². The van der Waals surface area contributed by atoms with Crippen molar-refractivity contribution in [3.63, 3.8) is 0 Å². The van der Waals surface area contributed by atoms with Gasteiger partial charge in [-0.25, -0.2) is 0 Å². The number of ether oxygens (including phenoxy) is 1. The second-order valence-corrected chi connectivity index (χ2v) is 6.15. The lowest BCUT2D eigenvalue weighted by molar-refractivity contribution is -0.132. The van der Waals surface area contributed by atoms with Crippen LogP contribution in [0.3, 0.4) is 0 Å². The maximum atomic E-state index is 11.7. The van der Waals surface area contributed by atoms with Gasteiger partial charge in [-0.15, -0.1) is 0 Å². The van der Waals surface area contributed by atoms with Gasteiger partial charge < -0.3 is 15.4 Å². The molecule has 126 valence electrons. The number of nitrogens with two attached hydrogens (primary N) is 1. The minimum absolute atomic E-state index is 0.0340. The molecule has 2 rings (SSSR count). The molecule has 1 aliphatic heterocycles. The number of carbonyl (C=O) groups excluding carboxylic acids is 2. The zero-order valence-corrected chi connectivity index (χ0v) is 14.0. The number of primary amides is 1. The van der Waals surface area contributed by atoms with Crippen LogP contribution in [-0.2, 0) is 9.59 Å². The van der Waals surface area contributed by atoms with Gasteiger partial charge in [-0.05, 0) is 31.5 Å². The van der Waals surface area contributed by atoms with Crippen molar-refractivity contribution in [2.75, 3.05) is 26.2 Å². The number of carbonyl (C=O) groups is 2. The monoisotopic (exact) mass is 319 g/mol. The summed E-state index contributed by atoms with van der Waals surface area (Å²) in [5.41, 5.74) is 6.41. The van der Waals surface area contributed by atoms with Crippen molar-refractivity contribution >= 4 is 11.8 Å². The molecule has 23 heavy (non-hydrogen) atoms. The van der Waals surface area contributed by atoms with Crippen LogP contribution in [0.2, 0.25) is 0 Å². The molecule has 0 radical (unpaired) electrons. The van der Waals surface area contributed by atoms with E-state index in [0.717, 1.165) is 11.3 Å². The molecule has 2 N–H and O–H groups in total. The molecule has 0 spiro atoms. The van der Waals surface area contributed by atoms with Gasteiger partial charge >= 0.3 is 0 Å². The molecule has 0 saturated carbocycles. The molecule has 0 aromatic heterocycles. The Morgan fingerprint density at radius 2 is 1.91 bits per heavy atom. The topological polar surface area (TPSA) is 75.9 Å². The first-order valence-electron chi connectivity index (χ1n) is 7.91. The van der Waals surface area contributed by atoms with Gasteiger partial charge in [0.15, 0.2) is 0 Å². The maximum absolute atomic E-state index is 11.7. The highest BCUT2D eigenvalue weighted by Gasteiger charge is 2.30. The van der Waals surface area contributed by atoms with Crippen molar-refractivity contribution in [2.45, 2.75) is 32.9 Å².